The molecule has 1 rings (SSSR count). The highest BCUT2D eigenvalue weighted by Gasteiger charge is 2.04. The highest BCUT2D eigenvalue weighted by atomic mass is 16.5. The fourth-order valence-corrected chi connectivity index (χ4v) is 2.10. The van der Waals surface area contributed by atoms with Crippen LogP contribution in [-0.2, 0) is 11.3 Å². The van der Waals surface area contributed by atoms with Crippen molar-refractivity contribution in [2.24, 2.45) is 4.99 Å². The number of nitrogens with zero attached hydrogens (tertiary/aromatic N) is 2. The van der Waals surface area contributed by atoms with Crippen LogP contribution in [0.25, 0.3) is 0 Å². The van der Waals surface area contributed by atoms with Crippen molar-refractivity contribution in [1.82, 2.24) is 15.5 Å². The maximum atomic E-state index is 5.77. The molecule has 0 radical (unpaired) electrons. The largest absolute Gasteiger partial charge is 0.492 e. The van der Waals surface area contributed by atoms with Gasteiger partial charge < -0.3 is 25.0 Å². The molecule has 24 heavy (non-hydrogen) atoms. The van der Waals surface area contributed by atoms with E-state index in [-0.39, 0.29) is 6.04 Å². The van der Waals surface area contributed by atoms with Gasteiger partial charge in [-0.2, -0.15) is 0 Å². The molecule has 0 saturated heterocycles. The SMILES string of the molecule is CCNC(=NCc1cccc(OCCN(C)C)c1)NC(C)COC. The van der Waals surface area contributed by atoms with Gasteiger partial charge >= 0.3 is 0 Å². The van der Waals surface area contributed by atoms with Crippen LogP contribution in [0.4, 0.5) is 0 Å². The Balaban J connectivity index is 2.61. The molecular weight excluding hydrogens is 304 g/mol. The molecular formula is C18H32N4O2. The van der Waals surface area contributed by atoms with E-state index >= 15 is 0 Å². The summed E-state index contributed by atoms with van der Waals surface area (Å²) in [4.78, 5) is 6.73. The van der Waals surface area contributed by atoms with Crippen molar-refractivity contribution in [3.8, 4) is 5.75 Å². The molecule has 0 aliphatic carbocycles. The van der Waals surface area contributed by atoms with Crippen LogP contribution in [-0.4, -0.2) is 64.4 Å². The molecule has 6 heteroatoms. The summed E-state index contributed by atoms with van der Waals surface area (Å²) >= 11 is 0. The van der Waals surface area contributed by atoms with Gasteiger partial charge in [0.1, 0.15) is 12.4 Å². The van der Waals surface area contributed by atoms with E-state index in [0.29, 0.717) is 19.8 Å². The summed E-state index contributed by atoms with van der Waals surface area (Å²) in [7, 11) is 5.77. The zero-order valence-corrected chi connectivity index (χ0v) is 15.6. The summed E-state index contributed by atoms with van der Waals surface area (Å²) in [5.41, 5.74) is 1.12. The first-order valence-corrected chi connectivity index (χ1v) is 8.45. The average molecular weight is 336 g/mol. The molecule has 6 nitrogen and oxygen atoms in total. The zero-order valence-electron chi connectivity index (χ0n) is 15.6. The van der Waals surface area contributed by atoms with Crippen molar-refractivity contribution < 1.29 is 9.47 Å². The van der Waals surface area contributed by atoms with Crippen LogP contribution in [0.15, 0.2) is 29.3 Å². The third-order valence-corrected chi connectivity index (χ3v) is 3.27. The fraction of sp³-hybridized carbons (Fsp3) is 0.611. The standard InChI is InChI=1S/C18H32N4O2/c1-6-19-18(21-15(2)14-23-5)20-13-16-8-7-9-17(12-16)24-11-10-22(3)4/h7-9,12,15H,6,10-11,13-14H2,1-5H3,(H2,19,20,21). The number of aliphatic imine (C=N–C) groups is 1. The molecule has 2 N–H and O–H groups in total. The highest BCUT2D eigenvalue weighted by Crippen LogP contribution is 2.14. The Labute approximate surface area is 146 Å². The minimum absolute atomic E-state index is 0.202. The van der Waals surface area contributed by atoms with Gasteiger partial charge in [-0.15, -0.1) is 0 Å². The van der Waals surface area contributed by atoms with Gasteiger partial charge in [0.15, 0.2) is 5.96 Å². The number of nitrogens with one attached hydrogen (secondary N) is 2. The van der Waals surface area contributed by atoms with Gasteiger partial charge in [-0.25, -0.2) is 4.99 Å². The number of benzene rings is 1. The molecule has 0 bridgehead atoms. The van der Waals surface area contributed by atoms with Gasteiger partial charge in [-0.1, -0.05) is 12.1 Å². The first kappa shape index (κ1) is 20.3. The molecule has 1 aromatic carbocycles. The van der Waals surface area contributed by atoms with Crippen LogP contribution in [0.1, 0.15) is 19.4 Å². The minimum Gasteiger partial charge on any atom is -0.492 e. The van der Waals surface area contributed by atoms with Crippen LogP contribution >= 0.6 is 0 Å². The van der Waals surface area contributed by atoms with E-state index in [4.69, 9.17) is 9.47 Å². The summed E-state index contributed by atoms with van der Waals surface area (Å²) in [6, 6.07) is 8.29. The lowest BCUT2D eigenvalue weighted by Crippen LogP contribution is -2.43. The van der Waals surface area contributed by atoms with Gasteiger partial charge in [-0.3, -0.25) is 0 Å². The lowest BCUT2D eigenvalue weighted by Gasteiger charge is -2.17. The van der Waals surface area contributed by atoms with Crippen LogP contribution in [0, 0.1) is 0 Å². The van der Waals surface area contributed by atoms with E-state index in [9.17, 15) is 0 Å². The Bertz CT molecular complexity index is 492. The Kier molecular flexibility index (Phi) is 9.88. The molecule has 0 spiro atoms. The van der Waals surface area contributed by atoms with Gasteiger partial charge in [0, 0.05) is 26.2 Å². The Morgan fingerprint density at radius 2 is 2.12 bits per heavy atom. The number of guanidine groups is 1. The van der Waals surface area contributed by atoms with Crippen molar-refractivity contribution >= 4 is 5.96 Å². The molecule has 1 aromatic rings. The van der Waals surface area contributed by atoms with E-state index in [0.717, 1.165) is 30.4 Å². The first-order chi connectivity index (χ1) is 11.5. The fourth-order valence-electron chi connectivity index (χ4n) is 2.10. The maximum absolute atomic E-state index is 5.77. The normalized spacial score (nSPS) is 13.0. The zero-order chi connectivity index (χ0) is 17.8. The Morgan fingerprint density at radius 3 is 2.79 bits per heavy atom. The third-order valence-electron chi connectivity index (χ3n) is 3.27. The molecule has 0 fully saturated rings. The number of likely N-dealkylation sites (N-methyl/N-ethyl adjacent to an activating group) is 1. The molecule has 0 aliphatic heterocycles. The van der Waals surface area contributed by atoms with E-state index < -0.39 is 0 Å². The Morgan fingerprint density at radius 1 is 1.33 bits per heavy atom. The van der Waals surface area contributed by atoms with Crippen molar-refractivity contribution in [2.45, 2.75) is 26.4 Å². The lowest BCUT2D eigenvalue weighted by molar-refractivity contribution is 0.179. The second-order valence-electron chi connectivity index (χ2n) is 6.00. The van der Waals surface area contributed by atoms with Crippen LogP contribution in [0.2, 0.25) is 0 Å². The minimum atomic E-state index is 0.202. The summed E-state index contributed by atoms with van der Waals surface area (Å²) in [6.45, 7) is 7.75. The predicted octanol–water partition coefficient (Wildman–Crippen LogP) is 1.72. The van der Waals surface area contributed by atoms with Gasteiger partial charge in [-0.05, 0) is 45.6 Å². The predicted molar refractivity (Wildman–Crippen MR) is 99.8 cm³/mol. The van der Waals surface area contributed by atoms with E-state index in [1.807, 2.05) is 32.3 Å². The Hall–Kier alpha value is -1.79. The maximum Gasteiger partial charge on any atom is 0.191 e. The second kappa shape index (κ2) is 11.7. The van der Waals surface area contributed by atoms with Gasteiger partial charge in [0.05, 0.1) is 13.2 Å². The number of rotatable bonds is 10. The molecule has 1 atom stereocenters. The monoisotopic (exact) mass is 336 g/mol. The molecule has 0 aliphatic rings. The number of hydrogen-bond donors (Lipinski definition) is 2. The smallest absolute Gasteiger partial charge is 0.191 e. The van der Waals surface area contributed by atoms with Crippen molar-refractivity contribution in [2.75, 3.05) is 47.5 Å². The molecule has 0 aromatic heterocycles. The quantitative estimate of drug-likeness (QED) is 0.503. The number of hydrogen-bond acceptors (Lipinski definition) is 4. The second-order valence-corrected chi connectivity index (χ2v) is 6.00. The van der Waals surface area contributed by atoms with E-state index in [1.165, 1.54) is 0 Å². The molecule has 1 unspecified atom stereocenters. The van der Waals surface area contributed by atoms with Crippen molar-refractivity contribution in [1.29, 1.82) is 0 Å². The van der Waals surface area contributed by atoms with Gasteiger partial charge in [0.2, 0.25) is 0 Å². The molecule has 0 amide bonds. The van der Waals surface area contributed by atoms with Crippen molar-refractivity contribution in [3.63, 3.8) is 0 Å². The van der Waals surface area contributed by atoms with Gasteiger partial charge in [0.25, 0.3) is 0 Å². The topological polar surface area (TPSA) is 58.1 Å². The van der Waals surface area contributed by atoms with E-state index in [1.54, 1.807) is 7.11 Å². The van der Waals surface area contributed by atoms with E-state index in [2.05, 4.69) is 40.4 Å². The van der Waals surface area contributed by atoms with Crippen LogP contribution in [0.5, 0.6) is 5.75 Å². The molecule has 136 valence electrons. The lowest BCUT2D eigenvalue weighted by atomic mass is 10.2. The summed E-state index contributed by atoms with van der Waals surface area (Å²) in [5, 5.41) is 6.58. The first-order valence-electron chi connectivity index (χ1n) is 8.45. The highest BCUT2D eigenvalue weighted by molar-refractivity contribution is 5.80. The molecule has 0 heterocycles. The number of ether oxygens (including phenoxy) is 2. The average Bonchev–Trinajstić information content (AvgIpc) is 2.53. The number of methoxy groups -OCH3 is 1. The van der Waals surface area contributed by atoms with Crippen LogP contribution < -0.4 is 15.4 Å². The summed E-state index contributed by atoms with van der Waals surface area (Å²) < 4.78 is 10.9. The summed E-state index contributed by atoms with van der Waals surface area (Å²) in [6.07, 6.45) is 0. The molecule has 0 saturated carbocycles. The van der Waals surface area contributed by atoms with Crippen molar-refractivity contribution in [3.05, 3.63) is 29.8 Å². The summed E-state index contributed by atoms with van der Waals surface area (Å²) in [5.74, 6) is 1.68. The van der Waals surface area contributed by atoms with Crippen LogP contribution in [0.3, 0.4) is 0 Å². The third kappa shape index (κ3) is 8.74.